The first kappa shape index (κ1) is 14.3. The molecule has 0 atom stereocenters. The number of esters is 2. The van der Waals surface area contributed by atoms with Gasteiger partial charge in [0.25, 0.3) is 0 Å². The minimum absolute atomic E-state index is 0.0394. The number of hydrogen-bond acceptors (Lipinski definition) is 5. The largest absolute Gasteiger partial charge is 0.507 e. The summed E-state index contributed by atoms with van der Waals surface area (Å²) in [6.07, 6.45) is 0. The topological polar surface area (TPSA) is 72.8 Å². The summed E-state index contributed by atoms with van der Waals surface area (Å²) in [7, 11) is 2.42. The quantitative estimate of drug-likeness (QED) is 0.852. The normalized spacial score (nSPS) is 10.3. The van der Waals surface area contributed by atoms with E-state index < -0.39 is 11.9 Å². The maximum atomic E-state index is 12.0. The van der Waals surface area contributed by atoms with Crippen LogP contribution in [0.25, 0.3) is 10.8 Å². The third-order valence-electron chi connectivity index (χ3n) is 2.87. The first-order valence-electron chi connectivity index (χ1n) is 5.61. The predicted molar refractivity (Wildman–Crippen MR) is 76.0 cm³/mol. The number of phenolic OH excluding ortho intramolecular Hbond substituents is 1. The van der Waals surface area contributed by atoms with Gasteiger partial charge in [0.1, 0.15) is 5.75 Å². The van der Waals surface area contributed by atoms with Gasteiger partial charge < -0.3 is 14.6 Å². The first-order valence-corrected chi connectivity index (χ1v) is 6.40. The zero-order valence-corrected chi connectivity index (χ0v) is 12.4. The summed E-state index contributed by atoms with van der Waals surface area (Å²) in [5.74, 6) is -1.50. The number of phenols is 1. The summed E-state index contributed by atoms with van der Waals surface area (Å²) < 4.78 is 10.1. The van der Waals surface area contributed by atoms with Crippen molar-refractivity contribution in [3.63, 3.8) is 0 Å². The van der Waals surface area contributed by atoms with Crippen molar-refractivity contribution < 1.29 is 24.2 Å². The van der Waals surface area contributed by atoms with Crippen LogP contribution in [0.1, 0.15) is 20.7 Å². The number of methoxy groups -OCH3 is 2. The van der Waals surface area contributed by atoms with E-state index in [1.807, 2.05) is 0 Å². The Labute approximate surface area is 123 Å². The van der Waals surface area contributed by atoms with Gasteiger partial charge in [-0.05, 0) is 24.3 Å². The third-order valence-corrected chi connectivity index (χ3v) is 3.37. The Kier molecular flexibility index (Phi) is 3.94. The lowest BCUT2D eigenvalue weighted by atomic mass is 9.98. The number of ether oxygens (including phenoxy) is 2. The van der Waals surface area contributed by atoms with Gasteiger partial charge >= 0.3 is 11.9 Å². The molecule has 0 bridgehead atoms. The molecular weight excluding hydrogens is 328 g/mol. The van der Waals surface area contributed by atoms with E-state index in [1.54, 1.807) is 18.2 Å². The summed E-state index contributed by atoms with van der Waals surface area (Å²) in [4.78, 5) is 23.7. The van der Waals surface area contributed by atoms with Crippen molar-refractivity contribution in [3.8, 4) is 5.75 Å². The van der Waals surface area contributed by atoms with E-state index in [0.717, 1.165) is 0 Å². The van der Waals surface area contributed by atoms with Crippen LogP contribution < -0.4 is 0 Å². The molecule has 0 aliphatic heterocycles. The molecule has 0 radical (unpaired) electrons. The molecule has 0 saturated carbocycles. The molecule has 0 aliphatic rings. The molecule has 0 unspecified atom stereocenters. The van der Waals surface area contributed by atoms with Gasteiger partial charge in [-0.2, -0.15) is 0 Å². The fraction of sp³-hybridized carbons (Fsp3) is 0.143. The molecule has 20 heavy (non-hydrogen) atoms. The van der Waals surface area contributed by atoms with Crippen molar-refractivity contribution >= 4 is 38.6 Å². The Morgan fingerprint density at radius 3 is 2.30 bits per heavy atom. The van der Waals surface area contributed by atoms with Crippen molar-refractivity contribution in [1.29, 1.82) is 0 Å². The van der Waals surface area contributed by atoms with Crippen LogP contribution in [0.5, 0.6) is 5.75 Å². The minimum atomic E-state index is -0.720. The average Bonchev–Trinajstić information content (AvgIpc) is 2.45. The van der Waals surface area contributed by atoms with Gasteiger partial charge in [-0.3, -0.25) is 0 Å². The van der Waals surface area contributed by atoms with Crippen molar-refractivity contribution in [2.45, 2.75) is 0 Å². The molecule has 6 heteroatoms. The minimum Gasteiger partial charge on any atom is -0.507 e. The van der Waals surface area contributed by atoms with E-state index in [4.69, 9.17) is 4.74 Å². The molecule has 104 valence electrons. The van der Waals surface area contributed by atoms with Gasteiger partial charge in [0.2, 0.25) is 0 Å². The highest BCUT2D eigenvalue weighted by atomic mass is 79.9. The Hall–Kier alpha value is -2.08. The maximum Gasteiger partial charge on any atom is 0.339 e. The van der Waals surface area contributed by atoms with Gasteiger partial charge in [0, 0.05) is 15.2 Å². The summed E-state index contributed by atoms with van der Waals surface area (Å²) in [6.45, 7) is 0. The van der Waals surface area contributed by atoms with Crippen LogP contribution in [0.4, 0.5) is 0 Å². The number of carbonyl (C=O) groups is 2. The van der Waals surface area contributed by atoms with Gasteiger partial charge in [0.05, 0.1) is 25.3 Å². The van der Waals surface area contributed by atoms with E-state index in [0.29, 0.717) is 15.2 Å². The molecule has 0 aromatic heterocycles. The molecule has 2 aromatic rings. The van der Waals surface area contributed by atoms with Crippen molar-refractivity contribution in [3.05, 3.63) is 39.9 Å². The fourth-order valence-electron chi connectivity index (χ4n) is 1.97. The number of benzene rings is 2. The van der Waals surface area contributed by atoms with E-state index in [2.05, 4.69) is 20.7 Å². The van der Waals surface area contributed by atoms with Crippen LogP contribution >= 0.6 is 15.9 Å². The van der Waals surface area contributed by atoms with Crippen molar-refractivity contribution in [1.82, 2.24) is 0 Å². The lowest BCUT2D eigenvalue weighted by Crippen LogP contribution is -2.12. The van der Waals surface area contributed by atoms with Gasteiger partial charge in [0.15, 0.2) is 0 Å². The lowest BCUT2D eigenvalue weighted by molar-refractivity contribution is 0.0557. The second-order valence-electron chi connectivity index (χ2n) is 3.99. The van der Waals surface area contributed by atoms with Gasteiger partial charge in [-0.1, -0.05) is 15.9 Å². The number of rotatable bonds is 2. The summed E-state index contributed by atoms with van der Waals surface area (Å²) in [5.41, 5.74) is 0.0240. The molecule has 0 aliphatic carbocycles. The van der Waals surface area contributed by atoms with Crippen LogP contribution in [0.15, 0.2) is 28.7 Å². The van der Waals surface area contributed by atoms with Crippen LogP contribution in [0, 0.1) is 0 Å². The van der Waals surface area contributed by atoms with Crippen LogP contribution in [-0.2, 0) is 9.47 Å². The molecule has 2 aromatic carbocycles. The summed E-state index contributed by atoms with van der Waals surface area (Å²) in [5, 5.41) is 10.8. The highest BCUT2D eigenvalue weighted by Crippen LogP contribution is 2.33. The molecule has 2 rings (SSSR count). The lowest BCUT2D eigenvalue weighted by Gasteiger charge is -2.12. The predicted octanol–water partition coefficient (Wildman–Crippen LogP) is 2.88. The number of carbonyl (C=O) groups excluding carboxylic acids is 2. The molecular formula is C14H11BrO5. The van der Waals surface area contributed by atoms with E-state index in [-0.39, 0.29) is 16.9 Å². The van der Waals surface area contributed by atoms with E-state index in [9.17, 15) is 14.7 Å². The Morgan fingerprint density at radius 1 is 1.05 bits per heavy atom. The van der Waals surface area contributed by atoms with Crippen LogP contribution in [0.2, 0.25) is 0 Å². The molecule has 1 N–H and O–H groups in total. The van der Waals surface area contributed by atoms with Crippen LogP contribution in [0.3, 0.4) is 0 Å². The zero-order valence-electron chi connectivity index (χ0n) is 10.8. The Balaban J connectivity index is 2.92. The van der Waals surface area contributed by atoms with Crippen molar-refractivity contribution in [2.75, 3.05) is 14.2 Å². The van der Waals surface area contributed by atoms with Gasteiger partial charge in [-0.25, -0.2) is 9.59 Å². The summed E-state index contributed by atoms with van der Waals surface area (Å²) >= 11 is 3.29. The standard InChI is InChI=1S/C14H11BrO5/c1-19-13(17)10-6-11(16)8-4-3-7(15)5-9(8)12(10)14(18)20-2/h3-6,16H,1-2H3. The highest BCUT2D eigenvalue weighted by Gasteiger charge is 2.23. The maximum absolute atomic E-state index is 12.0. The number of aromatic hydroxyl groups is 1. The van der Waals surface area contributed by atoms with Gasteiger partial charge in [-0.15, -0.1) is 0 Å². The molecule has 5 nitrogen and oxygen atoms in total. The number of halogens is 1. The Morgan fingerprint density at radius 2 is 1.70 bits per heavy atom. The number of hydrogen-bond donors (Lipinski definition) is 1. The van der Waals surface area contributed by atoms with E-state index >= 15 is 0 Å². The number of fused-ring (bicyclic) bond motifs is 1. The van der Waals surface area contributed by atoms with Crippen molar-refractivity contribution in [2.24, 2.45) is 0 Å². The molecule has 0 amide bonds. The SMILES string of the molecule is COC(=O)c1cc(O)c2ccc(Br)cc2c1C(=O)OC. The molecule has 0 fully saturated rings. The van der Waals surface area contributed by atoms with Crippen LogP contribution in [-0.4, -0.2) is 31.3 Å². The zero-order chi connectivity index (χ0) is 14.9. The highest BCUT2D eigenvalue weighted by molar-refractivity contribution is 9.10. The molecule has 0 saturated heterocycles. The molecule has 0 spiro atoms. The molecule has 0 heterocycles. The fourth-order valence-corrected chi connectivity index (χ4v) is 2.33. The summed E-state index contributed by atoms with van der Waals surface area (Å²) in [6, 6.07) is 6.20. The Bertz CT molecular complexity index is 708. The van der Waals surface area contributed by atoms with E-state index in [1.165, 1.54) is 20.3 Å². The second-order valence-corrected chi connectivity index (χ2v) is 4.91. The monoisotopic (exact) mass is 338 g/mol. The smallest absolute Gasteiger partial charge is 0.339 e. The third kappa shape index (κ3) is 2.34. The second kappa shape index (κ2) is 5.50. The first-order chi connectivity index (χ1) is 9.49. The average molecular weight is 339 g/mol.